The number of methoxy groups -OCH3 is 1. The van der Waals surface area contributed by atoms with Gasteiger partial charge in [0.15, 0.2) is 11.5 Å². The Morgan fingerprint density at radius 1 is 1.08 bits per heavy atom. The minimum atomic E-state index is -3.94. The molecule has 0 unspecified atom stereocenters. The molecule has 0 spiro atoms. The van der Waals surface area contributed by atoms with Crippen LogP contribution in [-0.4, -0.2) is 45.6 Å². The summed E-state index contributed by atoms with van der Waals surface area (Å²) < 4.78 is 42.8. The van der Waals surface area contributed by atoms with Gasteiger partial charge in [0.2, 0.25) is 10.0 Å². The van der Waals surface area contributed by atoms with Crippen molar-refractivity contribution in [3.05, 3.63) is 54.1 Å². The average molecular weight is 377 g/mol. The number of benzene rings is 2. The van der Waals surface area contributed by atoms with E-state index in [1.165, 1.54) is 19.2 Å². The Morgan fingerprint density at radius 2 is 1.77 bits per heavy atom. The first-order chi connectivity index (χ1) is 12.5. The summed E-state index contributed by atoms with van der Waals surface area (Å²) in [5.41, 5.74) is 0.762. The molecule has 3 rings (SSSR count). The van der Waals surface area contributed by atoms with Crippen LogP contribution in [0.2, 0.25) is 0 Å². The van der Waals surface area contributed by atoms with Gasteiger partial charge in [-0.2, -0.15) is 4.31 Å². The van der Waals surface area contributed by atoms with Crippen LogP contribution in [0.4, 0.5) is 0 Å². The highest BCUT2D eigenvalue weighted by Gasteiger charge is 2.28. The molecule has 2 aromatic carbocycles. The number of carbonyl (C=O) groups is 1. The van der Waals surface area contributed by atoms with Crippen LogP contribution in [0.1, 0.15) is 5.56 Å². The minimum Gasteiger partial charge on any atom is -0.486 e. The maximum absolute atomic E-state index is 13.1. The van der Waals surface area contributed by atoms with Crippen LogP contribution in [0.3, 0.4) is 0 Å². The van der Waals surface area contributed by atoms with E-state index in [4.69, 9.17) is 9.47 Å². The topological polar surface area (TPSA) is 82.1 Å². The molecule has 0 aromatic heterocycles. The van der Waals surface area contributed by atoms with E-state index in [1.807, 2.05) is 18.2 Å². The van der Waals surface area contributed by atoms with E-state index in [0.717, 1.165) is 9.87 Å². The van der Waals surface area contributed by atoms with E-state index < -0.39 is 16.0 Å². The van der Waals surface area contributed by atoms with E-state index in [9.17, 15) is 13.2 Å². The zero-order valence-corrected chi connectivity index (χ0v) is 15.1. The van der Waals surface area contributed by atoms with Crippen LogP contribution in [0.5, 0.6) is 11.5 Å². The van der Waals surface area contributed by atoms with Crippen LogP contribution >= 0.6 is 0 Å². The van der Waals surface area contributed by atoms with Gasteiger partial charge in [-0.15, -0.1) is 0 Å². The van der Waals surface area contributed by atoms with Gasteiger partial charge in [-0.25, -0.2) is 8.42 Å². The molecule has 0 bridgehead atoms. The molecular formula is C18H19NO6S. The summed E-state index contributed by atoms with van der Waals surface area (Å²) in [5, 5.41) is 0. The van der Waals surface area contributed by atoms with Crippen molar-refractivity contribution in [3.63, 3.8) is 0 Å². The molecule has 8 heteroatoms. The fourth-order valence-corrected chi connectivity index (χ4v) is 3.94. The summed E-state index contributed by atoms with van der Waals surface area (Å²) in [5.74, 6) is 0.231. The predicted octanol–water partition coefficient (Wildman–Crippen LogP) is 1.82. The molecule has 0 amide bonds. The molecule has 2 aromatic rings. The molecule has 26 heavy (non-hydrogen) atoms. The van der Waals surface area contributed by atoms with E-state index in [-0.39, 0.29) is 18.0 Å². The number of hydrogen-bond donors (Lipinski definition) is 0. The highest BCUT2D eigenvalue weighted by atomic mass is 32.2. The first kappa shape index (κ1) is 18.2. The quantitative estimate of drug-likeness (QED) is 0.715. The lowest BCUT2D eigenvalue weighted by Gasteiger charge is -2.23. The second-order valence-electron chi connectivity index (χ2n) is 5.64. The third kappa shape index (κ3) is 3.97. The summed E-state index contributed by atoms with van der Waals surface area (Å²) >= 11 is 0. The Kier molecular flexibility index (Phi) is 5.43. The monoisotopic (exact) mass is 377 g/mol. The number of fused-ring (bicyclic) bond motifs is 1. The molecule has 1 heterocycles. The predicted molar refractivity (Wildman–Crippen MR) is 93.5 cm³/mol. The number of hydrogen-bond acceptors (Lipinski definition) is 6. The normalized spacial score (nSPS) is 13.5. The molecule has 0 saturated carbocycles. The van der Waals surface area contributed by atoms with Gasteiger partial charge in [-0.3, -0.25) is 4.79 Å². The number of sulfonamides is 1. The second kappa shape index (κ2) is 7.76. The smallest absolute Gasteiger partial charge is 0.321 e. The van der Waals surface area contributed by atoms with Crippen molar-refractivity contribution < 1.29 is 27.4 Å². The van der Waals surface area contributed by atoms with Crippen molar-refractivity contribution in [3.8, 4) is 11.5 Å². The van der Waals surface area contributed by atoms with Gasteiger partial charge < -0.3 is 14.2 Å². The van der Waals surface area contributed by atoms with Gasteiger partial charge in [0.05, 0.1) is 12.0 Å². The van der Waals surface area contributed by atoms with Crippen molar-refractivity contribution in [1.82, 2.24) is 4.31 Å². The van der Waals surface area contributed by atoms with E-state index >= 15 is 0 Å². The van der Waals surface area contributed by atoms with Gasteiger partial charge in [0, 0.05) is 12.6 Å². The number of esters is 1. The zero-order chi connectivity index (χ0) is 18.6. The van der Waals surface area contributed by atoms with Gasteiger partial charge in [-0.1, -0.05) is 30.3 Å². The van der Waals surface area contributed by atoms with Crippen LogP contribution in [0, 0.1) is 0 Å². The van der Waals surface area contributed by atoms with Crippen LogP contribution in [0.15, 0.2) is 53.4 Å². The van der Waals surface area contributed by atoms with Gasteiger partial charge in [0.25, 0.3) is 0 Å². The molecule has 0 aliphatic carbocycles. The van der Waals surface area contributed by atoms with Crippen molar-refractivity contribution in [2.24, 2.45) is 0 Å². The third-order valence-corrected chi connectivity index (χ3v) is 5.67. The Bertz CT molecular complexity index is 882. The second-order valence-corrected chi connectivity index (χ2v) is 7.58. The molecular weight excluding hydrogens is 358 g/mol. The fourth-order valence-electron chi connectivity index (χ4n) is 2.55. The maximum Gasteiger partial charge on any atom is 0.321 e. The highest BCUT2D eigenvalue weighted by molar-refractivity contribution is 7.89. The standard InChI is InChI=1S/C18H19NO6S/c1-23-18(20)13-19(12-14-5-3-2-4-6-14)26(21,22)15-7-8-16-17(11-15)25-10-9-24-16/h2-8,11H,9-10,12-13H2,1H3. The van der Waals surface area contributed by atoms with E-state index in [0.29, 0.717) is 24.7 Å². The van der Waals surface area contributed by atoms with Crippen LogP contribution in [0.25, 0.3) is 0 Å². The third-order valence-electron chi connectivity index (χ3n) is 3.89. The first-order valence-corrected chi connectivity index (χ1v) is 9.45. The maximum atomic E-state index is 13.1. The molecule has 0 saturated heterocycles. The van der Waals surface area contributed by atoms with Crippen molar-refractivity contribution in [2.45, 2.75) is 11.4 Å². The number of rotatable bonds is 6. The molecule has 0 radical (unpaired) electrons. The number of carbonyl (C=O) groups excluding carboxylic acids is 1. The van der Waals surface area contributed by atoms with Crippen molar-refractivity contribution in [1.29, 1.82) is 0 Å². The van der Waals surface area contributed by atoms with Crippen LogP contribution < -0.4 is 9.47 Å². The molecule has 138 valence electrons. The van der Waals surface area contributed by atoms with Crippen LogP contribution in [-0.2, 0) is 26.1 Å². The van der Waals surface area contributed by atoms with Crippen molar-refractivity contribution in [2.75, 3.05) is 26.9 Å². The lowest BCUT2D eigenvalue weighted by molar-refractivity contribution is -0.140. The Labute approximate surface area is 152 Å². The van der Waals surface area contributed by atoms with Crippen molar-refractivity contribution >= 4 is 16.0 Å². The summed E-state index contributed by atoms with van der Waals surface area (Å²) in [7, 11) is -2.72. The summed E-state index contributed by atoms with van der Waals surface area (Å²) in [6.45, 7) is 0.433. The molecule has 0 atom stereocenters. The Hall–Kier alpha value is -2.58. The molecule has 0 N–H and O–H groups in total. The summed E-state index contributed by atoms with van der Waals surface area (Å²) in [4.78, 5) is 11.8. The van der Waals surface area contributed by atoms with E-state index in [2.05, 4.69) is 4.74 Å². The molecule has 1 aliphatic heterocycles. The Balaban J connectivity index is 1.94. The average Bonchev–Trinajstić information content (AvgIpc) is 2.67. The molecule has 1 aliphatic rings. The molecule has 7 nitrogen and oxygen atoms in total. The SMILES string of the molecule is COC(=O)CN(Cc1ccccc1)S(=O)(=O)c1ccc2c(c1)OCCO2. The summed E-state index contributed by atoms with van der Waals surface area (Å²) in [6, 6.07) is 13.5. The van der Waals surface area contributed by atoms with Gasteiger partial charge in [-0.05, 0) is 17.7 Å². The highest BCUT2D eigenvalue weighted by Crippen LogP contribution is 2.33. The largest absolute Gasteiger partial charge is 0.486 e. The lowest BCUT2D eigenvalue weighted by atomic mass is 10.2. The first-order valence-electron chi connectivity index (χ1n) is 8.01. The minimum absolute atomic E-state index is 0.0292. The number of ether oxygens (including phenoxy) is 3. The van der Waals surface area contributed by atoms with Gasteiger partial charge in [0.1, 0.15) is 19.8 Å². The molecule has 0 fully saturated rings. The van der Waals surface area contributed by atoms with Gasteiger partial charge >= 0.3 is 5.97 Å². The Morgan fingerprint density at radius 3 is 2.46 bits per heavy atom. The lowest BCUT2D eigenvalue weighted by Crippen LogP contribution is -2.35. The number of nitrogens with zero attached hydrogens (tertiary/aromatic N) is 1. The van der Waals surface area contributed by atoms with E-state index in [1.54, 1.807) is 18.2 Å². The zero-order valence-electron chi connectivity index (χ0n) is 14.3. The summed E-state index contributed by atoms with van der Waals surface area (Å²) in [6.07, 6.45) is 0. The fraction of sp³-hybridized carbons (Fsp3) is 0.278.